The number of aliphatic hydroxyl groups is 3. The van der Waals surface area contributed by atoms with Crippen molar-refractivity contribution in [2.45, 2.75) is 50.1 Å². The lowest BCUT2D eigenvalue weighted by atomic mass is 9.98. The zero-order valence-electron chi connectivity index (χ0n) is 20.8. The number of carboxylic acid groups (broad SMARTS) is 1. The molecule has 13 nitrogen and oxygen atoms in total. The van der Waals surface area contributed by atoms with Crippen molar-refractivity contribution in [3.63, 3.8) is 0 Å². The van der Waals surface area contributed by atoms with E-state index in [4.69, 9.17) is 19.3 Å². The molecule has 0 bridgehead atoms. The van der Waals surface area contributed by atoms with Crippen molar-refractivity contribution < 1.29 is 70.9 Å². The van der Waals surface area contributed by atoms with Gasteiger partial charge in [-0.1, -0.05) is 5.21 Å². The summed E-state index contributed by atoms with van der Waals surface area (Å²) in [7, 11) is 0. The normalized spacial score (nSPS) is 22.8. The molecule has 0 amide bonds. The summed E-state index contributed by atoms with van der Waals surface area (Å²) in [4.78, 5) is 22.4. The molecule has 1 aliphatic rings. The summed E-state index contributed by atoms with van der Waals surface area (Å²) >= 11 is 0. The van der Waals surface area contributed by atoms with Crippen LogP contribution in [-0.2, 0) is 36.8 Å². The minimum Gasteiger partial charge on any atom is -0.478 e. The lowest BCUT2D eigenvalue weighted by Crippen LogP contribution is -2.57. The molecule has 3 rings (SSSR count). The molecule has 1 aliphatic heterocycles. The quantitative estimate of drug-likeness (QED) is 0.0462. The number of carbonyl (C=O) groups is 2. The first kappa shape index (κ1) is 32.0. The fourth-order valence-corrected chi connectivity index (χ4v) is 3.44. The maximum absolute atomic E-state index is 13.6. The fourth-order valence-electron chi connectivity index (χ4n) is 3.44. The Morgan fingerprint density at radius 2 is 1.61 bits per heavy atom. The molecule has 0 aliphatic carbocycles. The molecule has 0 spiro atoms. The molecule has 1 aromatic heterocycles. The first-order chi connectivity index (χ1) is 19.4. The molecule has 41 heavy (non-hydrogen) atoms. The van der Waals surface area contributed by atoms with E-state index in [1.807, 2.05) is 0 Å². The van der Waals surface area contributed by atoms with Gasteiger partial charge < -0.3 is 39.4 Å². The summed E-state index contributed by atoms with van der Waals surface area (Å²) in [6.07, 6.45) is -4.63. The topological polar surface area (TPSA) is 183 Å². The number of ether oxygens (including phenoxy) is 4. The van der Waals surface area contributed by atoms with Crippen LogP contribution in [0.1, 0.15) is 12.1 Å². The maximum Gasteiger partial charge on any atom is 0.328 e. The Morgan fingerprint density at radius 3 is 2.27 bits per heavy atom. The molecular formula is C23H24F5N3O10. The average Bonchev–Trinajstić information content (AvgIpc) is 3.39. The second-order valence-electron chi connectivity index (χ2n) is 8.47. The Bertz CT molecular complexity index is 1230. The van der Waals surface area contributed by atoms with Crippen molar-refractivity contribution in [1.82, 2.24) is 15.0 Å². The van der Waals surface area contributed by atoms with Crippen molar-refractivity contribution in [2.75, 3.05) is 19.8 Å². The molecule has 1 fully saturated rings. The number of nitrogens with zero attached hydrogens (tertiary/aromatic N) is 3. The van der Waals surface area contributed by atoms with E-state index in [1.165, 1.54) is 10.9 Å². The van der Waals surface area contributed by atoms with Crippen molar-refractivity contribution in [1.29, 1.82) is 0 Å². The van der Waals surface area contributed by atoms with E-state index in [0.717, 1.165) is 6.08 Å². The van der Waals surface area contributed by atoms with Gasteiger partial charge in [0.1, 0.15) is 24.4 Å². The van der Waals surface area contributed by atoms with Crippen LogP contribution in [0.3, 0.4) is 0 Å². The van der Waals surface area contributed by atoms with E-state index in [-0.39, 0.29) is 32.8 Å². The summed E-state index contributed by atoms with van der Waals surface area (Å²) in [5.74, 6) is -15.8. The van der Waals surface area contributed by atoms with Crippen LogP contribution in [0.15, 0.2) is 18.3 Å². The highest BCUT2D eigenvalue weighted by Gasteiger charge is 2.43. The monoisotopic (exact) mass is 597 g/mol. The fraction of sp³-hybridized carbons (Fsp3) is 0.478. The molecule has 1 aromatic carbocycles. The Hall–Kier alpha value is -3.55. The molecule has 5 atom stereocenters. The largest absolute Gasteiger partial charge is 0.478 e. The van der Waals surface area contributed by atoms with Gasteiger partial charge in [0, 0.05) is 18.7 Å². The maximum atomic E-state index is 13.6. The molecule has 4 N–H and O–H groups in total. The van der Waals surface area contributed by atoms with Gasteiger partial charge in [-0.15, -0.1) is 5.10 Å². The minimum atomic E-state index is -2.38. The molecule has 0 radical (unpaired) electrons. The minimum absolute atomic E-state index is 0.0112. The second-order valence-corrected chi connectivity index (χ2v) is 8.47. The SMILES string of the molecule is O=C(O)/C=C/[C@H]1O[C@H](OCCc2cn(CCOCCC(=O)Oc3c(F)c(F)c(F)c(F)c3F)nn2)[C@@H](O)[C@@H](O)[C@@H]1O. The molecule has 18 heteroatoms. The van der Waals surface area contributed by atoms with Gasteiger partial charge in [0.05, 0.1) is 38.5 Å². The number of carboxylic acids is 1. The van der Waals surface area contributed by atoms with Crippen LogP contribution >= 0.6 is 0 Å². The Labute approximate surface area is 227 Å². The predicted octanol–water partition coefficient (Wildman–Crippen LogP) is -0.00660. The van der Waals surface area contributed by atoms with Crippen LogP contribution in [0.5, 0.6) is 5.75 Å². The number of aromatic nitrogens is 3. The zero-order chi connectivity index (χ0) is 30.3. The number of benzene rings is 1. The number of hydrogen-bond donors (Lipinski definition) is 4. The molecule has 2 heterocycles. The van der Waals surface area contributed by atoms with E-state index >= 15 is 0 Å². The van der Waals surface area contributed by atoms with Gasteiger partial charge >= 0.3 is 11.9 Å². The number of aliphatic hydroxyl groups excluding tert-OH is 3. The third kappa shape index (κ3) is 8.24. The summed E-state index contributed by atoms with van der Waals surface area (Å²) in [5.41, 5.74) is 0.435. The van der Waals surface area contributed by atoms with E-state index in [2.05, 4.69) is 15.0 Å². The summed E-state index contributed by atoms with van der Waals surface area (Å²) in [6, 6.07) is 0. The molecule has 0 saturated carbocycles. The highest BCUT2D eigenvalue weighted by Crippen LogP contribution is 2.29. The summed E-state index contributed by atoms with van der Waals surface area (Å²) in [6.45, 7) is -0.244. The second kappa shape index (κ2) is 14.4. The summed E-state index contributed by atoms with van der Waals surface area (Å²) in [5, 5.41) is 46.4. The first-order valence-electron chi connectivity index (χ1n) is 11.8. The van der Waals surface area contributed by atoms with Crippen LogP contribution in [0.4, 0.5) is 22.0 Å². The van der Waals surface area contributed by atoms with Gasteiger partial charge in [-0.3, -0.25) is 4.79 Å². The van der Waals surface area contributed by atoms with Crippen molar-refractivity contribution in [3.05, 3.63) is 53.1 Å². The highest BCUT2D eigenvalue weighted by atomic mass is 19.2. The summed E-state index contributed by atoms with van der Waals surface area (Å²) < 4.78 is 88.1. The van der Waals surface area contributed by atoms with Gasteiger partial charge in [0.15, 0.2) is 6.29 Å². The zero-order valence-corrected chi connectivity index (χ0v) is 20.8. The Kier molecular flexibility index (Phi) is 11.2. The predicted molar refractivity (Wildman–Crippen MR) is 120 cm³/mol. The van der Waals surface area contributed by atoms with Crippen LogP contribution in [0.2, 0.25) is 0 Å². The van der Waals surface area contributed by atoms with E-state index in [0.29, 0.717) is 11.8 Å². The number of rotatable bonds is 13. The van der Waals surface area contributed by atoms with Gasteiger partial charge in [-0.25, -0.2) is 22.6 Å². The average molecular weight is 597 g/mol. The van der Waals surface area contributed by atoms with Gasteiger partial charge in [0.2, 0.25) is 34.8 Å². The standard InChI is InChI=1S/C23H24F5N3O10/c24-14-15(25)17(27)22(18(28)16(14)26)41-13(34)4-6-38-8-5-31-9-10(29-30-31)3-7-39-23-21(37)20(36)19(35)11(40-23)1-2-12(32)33/h1-2,9,11,19-21,23,35-37H,3-8H2,(H,32,33)/b2-1+/t11-,19-,20+,21+,23+/m1/s1. The molecule has 226 valence electrons. The third-order valence-corrected chi connectivity index (χ3v) is 5.56. The van der Waals surface area contributed by atoms with Crippen molar-refractivity contribution >= 4 is 11.9 Å². The highest BCUT2D eigenvalue weighted by molar-refractivity contribution is 5.79. The smallest absolute Gasteiger partial charge is 0.328 e. The van der Waals surface area contributed by atoms with E-state index < -0.39 is 83.9 Å². The van der Waals surface area contributed by atoms with Crippen LogP contribution < -0.4 is 4.74 Å². The van der Waals surface area contributed by atoms with Crippen molar-refractivity contribution in [2.24, 2.45) is 0 Å². The molecule has 1 saturated heterocycles. The lowest BCUT2D eigenvalue weighted by Gasteiger charge is -2.39. The molecular weight excluding hydrogens is 573 g/mol. The lowest BCUT2D eigenvalue weighted by molar-refractivity contribution is -0.287. The number of aliphatic carboxylic acids is 1. The molecule has 2 aromatic rings. The van der Waals surface area contributed by atoms with Crippen LogP contribution in [0, 0.1) is 29.1 Å². The van der Waals surface area contributed by atoms with E-state index in [1.54, 1.807) is 0 Å². The van der Waals surface area contributed by atoms with Gasteiger partial charge in [-0.05, 0) is 6.08 Å². The number of halogens is 5. The van der Waals surface area contributed by atoms with Crippen LogP contribution in [-0.4, -0.2) is 97.9 Å². The number of hydrogen-bond acceptors (Lipinski definition) is 11. The Balaban J connectivity index is 1.37. The molecule has 0 unspecified atom stereocenters. The van der Waals surface area contributed by atoms with Gasteiger partial charge in [0.25, 0.3) is 0 Å². The number of esters is 1. The number of carbonyl (C=O) groups excluding carboxylic acids is 1. The first-order valence-corrected chi connectivity index (χ1v) is 11.8. The third-order valence-electron chi connectivity index (χ3n) is 5.56. The van der Waals surface area contributed by atoms with E-state index in [9.17, 15) is 46.9 Å². The Morgan fingerprint density at radius 1 is 0.951 bits per heavy atom. The van der Waals surface area contributed by atoms with Crippen molar-refractivity contribution in [3.8, 4) is 5.75 Å². The van der Waals surface area contributed by atoms with Gasteiger partial charge in [-0.2, -0.15) is 8.78 Å². The van der Waals surface area contributed by atoms with Crippen LogP contribution in [0.25, 0.3) is 0 Å².